The van der Waals surface area contributed by atoms with E-state index < -0.39 is 23.3 Å². The average molecular weight is 698 g/mol. The molecule has 7 aromatic carbocycles. The maximum absolute atomic E-state index is 14.4. The Morgan fingerprint density at radius 3 is 1.43 bits per heavy atom. The molecule has 0 aliphatic heterocycles. The number of benzene rings is 7. The number of para-hydroxylation sites is 2. The van der Waals surface area contributed by atoms with Crippen LogP contribution in [-0.4, -0.2) is 14.5 Å². The molecule has 0 atom stereocenters. The summed E-state index contributed by atoms with van der Waals surface area (Å²) in [5.41, 5.74) is 8.58. The fraction of sp³-hybridized carbons (Fsp3) is 0. The van der Waals surface area contributed by atoms with E-state index in [9.17, 15) is 17.6 Å². The van der Waals surface area contributed by atoms with Crippen LogP contribution in [0.5, 0.6) is 0 Å². The van der Waals surface area contributed by atoms with Crippen molar-refractivity contribution in [3.05, 3.63) is 187 Å². The zero-order valence-corrected chi connectivity index (χ0v) is 27.9. The zero-order valence-electron chi connectivity index (χ0n) is 27.9. The molecule has 3 nitrogen and oxygen atoms in total. The van der Waals surface area contributed by atoms with Gasteiger partial charge in [-0.3, -0.25) is 0 Å². The highest BCUT2D eigenvalue weighted by atomic mass is 19.1. The van der Waals surface area contributed by atoms with Crippen molar-refractivity contribution in [2.24, 2.45) is 0 Å². The first-order valence-electron chi connectivity index (χ1n) is 17.0. The van der Waals surface area contributed by atoms with Gasteiger partial charge in [-0.25, -0.2) is 27.5 Å². The van der Waals surface area contributed by atoms with Crippen molar-refractivity contribution in [2.45, 2.75) is 0 Å². The van der Waals surface area contributed by atoms with Crippen LogP contribution in [0.3, 0.4) is 0 Å². The summed E-state index contributed by atoms with van der Waals surface area (Å²) >= 11 is 0. The molecule has 0 amide bonds. The van der Waals surface area contributed by atoms with Crippen molar-refractivity contribution in [2.75, 3.05) is 0 Å². The number of halogens is 4. The maximum Gasteiger partial charge on any atom is 0.160 e. The Bertz CT molecular complexity index is 2680. The van der Waals surface area contributed by atoms with Gasteiger partial charge in [-0.05, 0) is 89.0 Å². The number of rotatable bonds is 6. The highest BCUT2D eigenvalue weighted by Gasteiger charge is 2.17. The Labute approximate surface area is 302 Å². The van der Waals surface area contributed by atoms with Crippen molar-refractivity contribution in [3.63, 3.8) is 0 Å². The molecule has 0 aliphatic carbocycles. The van der Waals surface area contributed by atoms with Crippen LogP contribution in [0.4, 0.5) is 17.6 Å². The van der Waals surface area contributed by atoms with Crippen LogP contribution in [0.25, 0.3) is 83.6 Å². The molecule has 7 heteroatoms. The van der Waals surface area contributed by atoms with E-state index in [-0.39, 0.29) is 22.6 Å². The molecule has 9 aromatic rings. The summed E-state index contributed by atoms with van der Waals surface area (Å²) in [6.45, 7) is 0. The predicted octanol–water partition coefficient (Wildman–Crippen LogP) is 12.5. The number of fused-ring (bicyclic) bond motifs is 3. The molecule has 2 heterocycles. The maximum atomic E-state index is 14.4. The second kappa shape index (κ2) is 13.0. The molecule has 9 rings (SSSR count). The number of nitrogens with zero attached hydrogens (tertiary/aromatic N) is 3. The normalized spacial score (nSPS) is 11.4. The molecular weight excluding hydrogens is 671 g/mol. The third kappa shape index (κ3) is 6.12. The molecule has 0 spiro atoms. The lowest BCUT2D eigenvalue weighted by molar-refractivity contribution is 0.583. The molecule has 0 radical (unpaired) electrons. The van der Waals surface area contributed by atoms with Gasteiger partial charge < -0.3 is 4.57 Å². The van der Waals surface area contributed by atoms with E-state index in [0.717, 1.165) is 86.1 Å². The van der Waals surface area contributed by atoms with Gasteiger partial charge in [0, 0.05) is 45.3 Å². The summed E-state index contributed by atoms with van der Waals surface area (Å²) in [7, 11) is 0. The predicted molar refractivity (Wildman–Crippen MR) is 203 cm³/mol. The van der Waals surface area contributed by atoms with Crippen LogP contribution in [0, 0.1) is 23.3 Å². The van der Waals surface area contributed by atoms with Crippen LogP contribution < -0.4 is 0 Å². The molecule has 254 valence electrons. The smallest absolute Gasteiger partial charge is 0.160 e. The minimum atomic E-state index is -0.799. The summed E-state index contributed by atoms with van der Waals surface area (Å²) < 4.78 is 59.8. The lowest BCUT2D eigenvalue weighted by Gasteiger charge is -2.15. The number of hydrogen-bond donors (Lipinski definition) is 0. The largest absolute Gasteiger partial charge is 0.309 e. The van der Waals surface area contributed by atoms with Gasteiger partial charge in [0.05, 0.1) is 22.4 Å². The Hall–Kier alpha value is -6.86. The van der Waals surface area contributed by atoms with Crippen molar-refractivity contribution >= 4 is 21.8 Å². The first kappa shape index (κ1) is 32.1. The van der Waals surface area contributed by atoms with E-state index in [1.54, 1.807) is 6.07 Å². The van der Waals surface area contributed by atoms with Gasteiger partial charge in [0.2, 0.25) is 0 Å². The quantitative estimate of drug-likeness (QED) is 0.162. The van der Waals surface area contributed by atoms with Crippen LogP contribution >= 0.6 is 0 Å². The molecule has 0 saturated carbocycles. The topological polar surface area (TPSA) is 30.7 Å². The van der Waals surface area contributed by atoms with Gasteiger partial charge in [-0.1, -0.05) is 84.9 Å². The molecule has 0 N–H and O–H groups in total. The van der Waals surface area contributed by atoms with Gasteiger partial charge in [0.15, 0.2) is 5.82 Å². The van der Waals surface area contributed by atoms with Crippen LogP contribution in [0.2, 0.25) is 0 Å². The van der Waals surface area contributed by atoms with E-state index in [2.05, 4.69) is 76.3 Å². The number of aromatic nitrogens is 3. The van der Waals surface area contributed by atoms with E-state index in [0.29, 0.717) is 11.3 Å². The second-order valence-electron chi connectivity index (χ2n) is 12.9. The van der Waals surface area contributed by atoms with Gasteiger partial charge in [0.1, 0.15) is 23.3 Å². The third-order valence-corrected chi connectivity index (χ3v) is 9.36. The van der Waals surface area contributed by atoms with Gasteiger partial charge >= 0.3 is 0 Å². The second-order valence-corrected chi connectivity index (χ2v) is 12.9. The summed E-state index contributed by atoms with van der Waals surface area (Å²) in [6.07, 6.45) is 0. The minimum Gasteiger partial charge on any atom is -0.309 e. The third-order valence-electron chi connectivity index (χ3n) is 9.36. The highest BCUT2D eigenvalue weighted by molar-refractivity contribution is 6.09. The Morgan fingerprint density at radius 1 is 0.340 bits per heavy atom. The molecule has 0 bridgehead atoms. The molecule has 0 unspecified atom stereocenters. The first-order chi connectivity index (χ1) is 25.9. The van der Waals surface area contributed by atoms with E-state index in [1.165, 1.54) is 0 Å². The summed E-state index contributed by atoms with van der Waals surface area (Å²) in [5, 5.41) is 2.31. The van der Waals surface area contributed by atoms with Crippen molar-refractivity contribution < 1.29 is 17.6 Å². The minimum absolute atomic E-state index is 0.00528. The first-order valence-corrected chi connectivity index (χ1v) is 17.0. The fourth-order valence-electron chi connectivity index (χ4n) is 7.02. The van der Waals surface area contributed by atoms with E-state index >= 15 is 0 Å². The Kier molecular flexibility index (Phi) is 7.89. The molecular formula is C46H27F4N3. The van der Waals surface area contributed by atoms with Gasteiger partial charge in [0.25, 0.3) is 0 Å². The Morgan fingerprint density at radius 2 is 0.811 bits per heavy atom. The molecule has 0 aliphatic rings. The van der Waals surface area contributed by atoms with Gasteiger partial charge in [-0.2, -0.15) is 0 Å². The molecule has 0 fully saturated rings. The molecule has 53 heavy (non-hydrogen) atoms. The monoisotopic (exact) mass is 697 g/mol. The van der Waals surface area contributed by atoms with Crippen molar-refractivity contribution in [1.29, 1.82) is 0 Å². The standard InChI is InChI=1S/C46H27F4N3/c47-35-19-33(20-36(48)25-35)43-27-42(51-46(52-43)34-21-37(49)26-38(50)22-34)30-12-8-11-29(17-30)32-18-31(28-9-2-1-3-10-28)23-39(24-32)53-44-15-6-4-13-40(44)41-14-5-7-16-45(41)53/h1-27H. The van der Waals surface area contributed by atoms with E-state index in [1.807, 2.05) is 54.6 Å². The van der Waals surface area contributed by atoms with Crippen LogP contribution in [0.1, 0.15) is 0 Å². The van der Waals surface area contributed by atoms with Crippen molar-refractivity contribution in [3.8, 4) is 61.8 Å². The SMILES string of the molecule is Fc1cc(F)cc(-c2cc(-c3cccc(-c4cc(-c5ccccc5)cc(-n5c6ccccc6c6ccccc65)c4)c3)nc(-c3cc(F)cc(F)c3)n2)c1. The van der Waals surface area contributed by atoms with Crippen LogP contribution in [-0.2, 0) is 0 Å². The highest BCUT2D eigenvalue weighted by Crippen LogP contribution is 2.37. The summed E-state index contributed by atoms with van der Waals surface area (Å²) in [5.74, 6) is -3.15. The fourth-order valence-corrected chi connectivity index (χ4v) is 7.02. The lowest BCUT2D eigenvalue weighted by atomic mass is 9.96. The van der Waals surface area contributed by atoms with Crippen molar-refractivity contribution in [1.82, 2.24) is 14.5 Å². The molecule has 0 saturated heterocycles. The molecule has 2 aromatic heterocycles. The summed E-state index contributed by atoms with van der Waals surface area (Å²) in [4.78, 5) is 9.22. The van der Waals surface area contributed by atoms with Gasteiger partial charge in [-0.15, -0.1) is 0 Å². The zero-order chi connectivity index (χ0) is 36.1. The lowest BCUT2D eigenvalue weighted by Crippen LogP contribution is -1.98. The number of hydrogen-bond acceptors (Lipinski definition) is 2. The van der Waals surface area contributed by atoms with Crippen LogP contribution in [0.15, 0.2) is 164 Å². The summed E-state index contributed by atoms with van der Waals surface area (Å²) in [6, 6.07) is 48.9. The average Bonchev–Trinajstić information content (AvgIpc) is 3.52. The Balaban J connectivity index is 1.24. The van der Waals surface area contributed by atoms with E-state index in [4.69, 9.17) is 4.98 Å².